The van der Waals surface area contributed by atoms with Gasteiger partial charge in [-0.25, -0.2) is 0 Å². The molecular weight excluding hydrogens is 318 g/mol. The van der Waals surface area contributed by atoms with Crippen molar-refractivity contribution < 1.29 is 5.11 Å². The van der Waals surface area contributed by atoms with Gasteiger partial charge in [-0.1, -0.05) is 29.8 Å². The molecule has 1 saturated heterocycles. The zero-order valence-corrected chi connectivity index (χ0v) is 14.7. The lowest BCUT2D eigenvalue weighted by Crippen LogP contribution is -2.41. The van der Waals surface area contributed by atoms with Gasteiger partial charge in [-0.15, -0.1) is 0 Å². The number of hydrogen-bond donors (Lipinski definition) is 1. The number of benzene rings is 2. The van der Waals surface area contributed by atoms with Crippen molar-refractivity contribution in [1.29, 1.82) is 0 Å². The van der Waals surface area contributed by atoms with E-state index < -0.39 is 0 Å². The largest absolute Gasteiger partial charge is 0.508 e. The molecule has 0 amide bonds. The van der Waals surface area contributed by atoms with E-state index in [1.54, 1.807) is 0 Å². The van der Waals surface area contributed by atoms with Crippen molar-refractivity contribution in [3.05, 3.63) is 64.2 Å². The maximum absolute atomic E-state index is 10.0. The number of aromatic hydroxyl groups is 1. The normalized spacial score (nSPS) is 24.0. The summed E-state index contributed by atoms with van der Waals surface area (Å²) in [6.45, 7) is 2.43. The molecule has 0 aromatic heterocycles. The maximum Gasteiger partial charge on any atom is 0.115 e. The van der Waals surface area contributed by atoms with Crippen molar-refractivity contribution in [3.8, 4) is 5.75 Å². The minimum atomic E-state index is 0.381. The average molecular weight is 342 g/mol. The summed E-state index contributed by atoms with van der Waals surface area (Å²) in [5, 5.41) is 10.8. The summed E-state index contributed by atoms with van der Waals surface area (Å²) >= 11 is 6.20. The van der Waals surface area contributed by atoms with Crippen molar-refractivity contribution in [3.63, 3.8) is 0 Å². The van der Waals surface area contributed by atoms with Gasteiger partial charge in [0.05, 0.1) is 0 Å². The van der Waals surface area contributed by atoms with Crippen LogP contribution in [0.4, 0.5) is 0 Å². The first-order valence-electron chi connectivity index (χ1n) is 9.01. The Balaban J connectivity index is 1.70. The van der Waals surface area contributed by atoms with Gasteiger partial charge in [0.25, 0.3) is 0 Å². The average Bonchev–Trinajstić information content (AvgIpc) is 3.10. The summed E-state index contributed by atoms with van der Waals surface area (Å²) in [7, 11) is 0. The molecule has 0 spiro atoms. The van der Waals surface area contributed by atoms with E-state index in [4.69, 9.17) is 11.6 Å². The highest BCUT2D eigenvalue weighted by atomic mass is 35.5. The van der Waals surface area contributed by atoms with E-state index >= 15 is 0 Å². The van der Waals surface area contributed by atoms with Crippen molar-refractivity contribution in [1.82, 2.24) is 4.90 Å². The third-order valence-corrected chi connectivity index (χ3v) is 5.89. The fourth-order valence-corrected chi connectivity index (χ4v) is 4.75. The molecule has 1 fully saturated rings. The van der Waals surface area contributed by atoms with Crippen LogP contribution in [0.25, 0.3) is 0 Å². The van der Waals surface area contributed by atoms with E-state index in [0.29, 0.717) is 17.7 Å². The second kappa shape index (κ2) is 6.78. The number of hydrogen-bond acceptors (Lipinski definition) is 2. The number of fused-ring (bicyclic) bond motifs is 1. The van der Waals surface area contributed by atoms with Gasteiger partial charge in [-0.05, 0) is 86.1 Å². The third-order valence-electron chi connectivity index (χ3n) is 5.66. The standard InChI is InChI=1S/C21H24ClNO/c22-17-5-3-4-15(12-17)13-20-19-14-18(24)8-6-16(19)7-9-21(20)23-10-1-2-11-23/h3-6,8,12,14,20-21,24H,1-2,7,9-11,13H2. The molecule has 24 heavy (non-hydrogen) atoms. The number of phenols is 1. The van der Waals surface area contributed by atoms with Gasteiger partial charge >= 0.3 is 0 Å². The fraction of sp³-hybridized carbons (Fsp3) is 0.429. The number of likely N-dealkylation sites (tertiary alicyclic amines) is 1. The Morgan fingerprint density at radius 3 is 2.71 bits per heavy atom. The number of aryl methyl sites for hydroxylation is 1. The molecule has 2 aliphatic rings. The van der Waals surface area contributed by atoms with Crippen LogP contribution in [-0.2, 0) is 12.8 Å². The first-order valence-corrected chi connectivity index (χ1v) is 9.39. The Labute approximate surface area is 149 Å². The minimum absolute atomic E-state index is 0.381. The van der Waals surface area contributed by atoms with Gasteiger partial charge in [0, 0.05) is 17.0 Å². The molecule has 126 valence electrons. The molecule has 3 heteroatoms. The molecule has 0 bridgehead atoms. The van der Waals surface area contributed by atoms with Gasteiger partial charge in [0.2, 0.25) is 0 Å². The molecule has 1 N–H and O–H groups in total. The Kier molecular flexibility index (Phi) is 4.51. The quantitative estimate of drug-likeness (QED) is 0.868. The monoisotopic (exact) mass is 341 g/mol. The first kappa shape index (κ1) is 16.0. The third kappa shape index (κ3) is 3.18. The number of rotatable bonds is 3. The van der Waals surface area contributed by atoms with E-state index in [-0.39, 0.29) is 0 Å². The first-order chi connectivity index (χ1) is 11.7. The summed E-state index contributed by atoms with van der Waals surface area (Å²) in [5.74, 6) is 0.810. The van der Waals surface area contributed by atoms with Crippen molar-refractivity contribution >= 4 is 11.6 Å². The highest BCUT2D eigenvalue weighted by Crippen LogP contribution is 2.39. The molecule has 2 nitrogen and oxygen atoms in total. The molecular formula is C21H24ClNO. The van der Waals surface area contributed by atoms with Crippen molar-refractivity contribution in [2.45, 2.75) is 44.1 Å². The van der Waals surface area contributed by atoms with Crippen LogP contribution in [0.15, 0.2) is 42.5 Å². The summed E-state index contributed by atoms with van der Waals surface area (Å²) in [6.07, 6.45) is 5.94. The summed E-state index contributed by atoms with van der Waals surface area (Å²) in [6, 6.07) is 14.7. The van der Waals surface area contributed by atoms with Crippen LogP contribution < -0.4 is 0 Å². The molecule has 0 saturated carbocycles. The Morgan fingerprint density at radius 1 is 1.08 bits per heavy atom. The van der Waals surface area contributed by atoms with Gasteiger partial charge in [-0.3, -0.25) is 4.90 Å². The van der Waals surface area contributed by atoms with E-state index in [9.17, 15) is 5.11 Å². The van der Waals surface area contributed by atoms with E-state index in [1.165, 1.54) is 49.0 Å². The smallest absolute Gasteiger partial charge is 0.115 e. The van der Waals surface area contributed by atoms with Gasteiger partial charge in [0.1, 0.15) is 5.75 Å². The van der Waals surface area contributed by atoms with E-state index in [0.717, 1.165) is 17.9 Å². The second-order valence-electron chi connectivity index (χ2n) is 7.17. The molecule has 2 aromatic carbocycles. The van der Waals surface area contributed by atoms with E-state index in [1.807, 2.05) is 24.3 Å². The van der Waals surface area contributed by atoms with Gasteiger partial charge in [0.15, 0.2) is 0 Å². The van der Waals surface area contributed by atoms with Gasteiger partial charge in [-0.2, -0.15) is 0 Å². The highest BCUT2D eigenvalue weighted by Gasteiger charge is 2.34. The van der Waals surface area contributed by atoms with Crippen molar-refractivity contribution in [2.24, 2.45) is 0 Å². The molecule has 2 aromatic rings. The van der Waals surface area contributed by atoms with Crippen LogP contribution in [0.5, 0.6) is 5.75 Å². The van der Waals surface area contributed by atoms with Crippen LogP contribution in [0.3, 0.4) is 0 Å². The predicted molar refractivity (Wildman–Crippen MR) is 98.9 cm³/mol. The zero-order valence-electron chi connectivity index (χ0n) is 13.9. The Bertz CT molecular complexity index is 724. The maximum atomic E-state index is 10.0. The van der Waals surface area contributed by atoms with Crippen LogP contribution >= 0.6 is 11.6 Å². The van der Waals surface area contributed by atoms with Crippen LogP contribution in [0.2, 0.25) is 5.02 Å². The molecule has 2 atom stereocenters. The minimum Gasteiger partial charge on any atom is -0.508 e. The Morgan fingerprint density at radius 2 is 1.92 bits per heavy atom. The zero-order chi connectivity index (χ0) is 16.5. The second-order valence-corrected chi connectivity index (χ2v) is 7.61. The SMILES string of the molecule is Oc1ccc2c(c1)C(Cc1cccc(Cl)c1)C(N1CCCC1)CC2. The lowest BCUT2D eigenvalue weighted by atomic mass is 9.75. The molecule has 1 aliphatic heterocycles. The van der Waals surface area contributed by atoms with Crippen LogP contribution in [0.1, 0.15) is 41.9 Å². The lowest BCUT2D eigenvalue weighted by molar-refractivity contribution is 0.188. The predicted octanol–water partition coefficient (Wildman–Crippen LogP) is 4.78. The summed E-state index contributed by atoms with van der Waals surface area (Å²) < 4.78 is 0. The van der Waals surface area contributed by atoms with Crippen LogP contribution in [-0.4, -0.2) is 29.1 Å². The van der Waals surface area contributed by atoms with Crippen molar-refractivity contribution in [2.75, 3.05) is 13.1 Å². The van der Waals surface area contributed by atoms with Crippen LogP contribution in [0, 0.1) is 0 Å². The topological polar surface area (TPSA) is 23.5 Å². The molecule has 1 heterocycles. The number of halogens is 1. The number of nitrogens with zero attached hydrogens (tertiary/aromatic N) is 1. The molecule has 0 radical (unpaired) electrons. The molecule has 4 rings (SSSR count). The van der Waals surface area contributed by atoms with Gasteiger partial charge < -0.3 is 5.11 Å². The number of phenolic OH excluding ortho intramolecular Hbond substituents is 1. The summed E-state index contributed by atoms with van der Waals surface area (Å²) in [4.78, 5) is 2.67. The molecule has 1 aliphatic carbocycles. The lowest BCUT2D eigenvalue weighted by Gasteiger charge is -2.39. The fourth-order valence-electron chi connectivity index (χ4n) is 4.54. The molecule has 2 unspecified atom stereocenters. The summed E-state index contributed by atoms with van der Waals surface area (Å²) in [5.41, 5.74) is 4.02. The highest BCUT2D eigenvalue weighted by molar-refractivity contribution is 6.30. The Hall–Kier alpha value is -1.51. The van der Waals surface area contributed by atoms with E-state index in [2.05, 4.69) is 23.1 Å².